The van der Waals surface area contributed by atoms with Crippen LogP contribution in [-0.2, 0) is 6.54 Å². The first kappa shape index (κ1) is 21.4. The third-order valence-corrected chi connectivity index (χ3v) is 6.58. The Hall–Kier alpha value is -1.88. The predicted octanol–water partition coefficient (Wildman–Crippen LogP) is 4.29. The Morgan fingerprint density at radius 2 is 1.50 bits per heavy atom. The topological polar surface area (TPSA) is 35.9 Å². The summed E-state index contributed by atoms with van der Waals surface area (Å²) in [6.45, 7) is 6.14. The number of piperazine rings is 1. The van der Waals surface area contributed by atoms with Crippen molar-refractivity contribution in [3.8, 4) is 5.75 Å². The number of hydrogen-bond donors (Lipinski definition) is 1. The number of benzene rings is 2. The second-order valence-electron chi connectivity index (χ2n) is 8.93. The van der Waals surface area contributed by atoms with Crippen LogP contribution >= 0.6 is 0 Å². The quantitative estimate of drug-likeness (QED) is 0.707. The summed E-state index contributed by atoms with van der Waals surface area (Å²) < 4.78 is 5.86. The summed E-state index contributed by atoms with van der Waals surface area (Å²) in [6, 6.07) is 19.2. The third kappa shape index (κ3) is 6.31. The predicted molar refractivity (Wildman–Crippen MR) is 122 cm³/mol. The van der Waals surface area contributed by atoms with Crippen LogP contribution in [0.2, 0.25) is 0 Å². The molecule has 4 rings (SSSR count). The molecule has 30 heavy (non-hydrogen) atoms. The van der Waals surface area contributed by atoms with Gasteiger partial charge in [0.2, 0.25) is 0 Å². The molecule has 2 aromatic carbocycles. The van der Waals surface area contributed by atoms with Crippen molar-refractivity contribution in [2.24, 2.45) is 0 Å². The van der Waals surface area contributed by atoms with Gasteiger partial charge in [-0.05, 0) is 42.0 Å². The average molecular weight is 409 g/mol. The maximum absolute atomic E-state index is 10.4. The van der Waals surface area contributed by atoms with E-state index in [4.69, 9.17) is 4.74 Å². The normalized spacial score (nSPS) is 20.2. The first-order valence-corrected chi connectivity index (χ1v) is 11.7. The molecule has 4 heteroatoms. The van der Waals surface area contributed by atoms with E-state index < -0.39 is 6.10 Å². The van der Waals surface area contributed by atoms with Crippen LogP contribution in [0.4, 0.5) is 0 Å². The zero-order valence-corrected chi connectivity index (χ0v) is 18.1. The van der Waals surface area contributed by atoms with Gasteiger partial charge >= 0.3 is 0 Å². The third-order valence-electron chi connectivity index (χ3n) is 6.58. The fourth-order valence-electron chi connectivity index (χ4n) is 4.79. The molecule has 2 fully saturated rings. The molecule has 2 aromatic rings. The van der Waals surface area contributed by atoms with Gasteiger partial charge in [0.15, 0.2) is 0 Å². The fraction of sp³-hybridized carbons (Fsp3) is 0.538. The Morgan fingerprint density at radius 1 is 0.833 bits per heavy atom. The van der Waals surface area contributed by atoms with Gasteiger partial charge in [-0.1, -0.05) is 61.7 Å². The monoisotopic (exact) mass is 408 g/mol. The molecule has 1 heterocycles. The van der Waals surface area contributed by atoms with Gasteiger partial charge in [-0.3, -0.25) is 9.80 Å². The number of rotatable bonds is 8. The molecule has 1 atom stereocenters. The standard InChI is InChI=1S/C26H36N2O2/c29-25(20-28-17-15-27(16-18-28)19-22-7-3-1-4-8-22)21-30-26-13-11-24(12-14-26)23-9-5-2-6-10-23/h1,3-4,7-8,11-14,23,25,29H,2,5-6,9-10,15-21H2/t25-/m1/s1. The summed E-state index contributed by atoms with van der Waals surface area (Å²) >= 11 is 0. The van der Waals surface area contributed by atoms with E-state index in [1.807, 2.05) is 0 Å². The number of aliphatic hydroxyl groups excluding tert-OH is 1. The number of hydrogen-bond acceptors (Lipinski definition) is 4. The van der Waals surface area contributed by atoms with Gasteiger partial charge < -0.3 is 9.84 Å². The van der Waals surface area contributed by atoms with Gasteiger partial charge in [0, 0.05) is 39.3 Å². The van der Waals surface area contributed by atoms with Crippen LogP contribution in [0.1, 0.15) is 49.1 Å². The highest BCUT2D eigenvalue weighted by Crippen LogP contribution is 2.33. The molecule has 1 aliphatic heterocycles. The Morgan fingerprint density at radius 3 is 2.20 bits per heavy atom. The van der Waals surface area contributed by atoms with Gasteiger partial charge in [-0.2, -0.15) is 0 Å². The number of nitrogens with zero attached hydrogens (tertiary/aromatic N) is 2. The van der Waals surface area contributed by atoms with E-state index in [1.165, 1.54) is 43.2 Å². The van der Waals surface area contributed by atoms with E-state index in [2.05, 4.69) is 64.4 Å². The molecule has 162 valence electrons. The second-order valence-corrected chi connectivity index (χ2v) is 8.93. The molecule has 1 N–H and O–H groups in total. The van der Waals surface area contributed by atoms with Gasteiger partial charge in [-0.15, -0.1) is 0 Å². The minimum absolute atomic E-state index is 0.354. The van der Waals surface area contributed by atoms with Crippen molar-refractivity contribution in [3.05, 3.63) is 65.7 Å². The number of ether oxygens (including phenoxy) is 1. The zero-order valence-electron chi connectivity index (χ0n) is 18.1. The van der Waals surface area contributed by atoms with Gasteiger partial charge in [0.05, 0.1) is 0 Å². The Labute approximate surface area is 181 Å². The molecule has 1 saturated heterocycles. The molecule has 0 amide bonds. The van der Waals surface area contributed by atoms with Crippen molar-refractivity contribution in [2.45, 2.75) is 50.7 Å². The lowest BCUT2D eigenvalue weighted by Gasteiger charge is -2.35. The van der Waals surface area contributed by atoms with E-state index in [9.17, 15) is 5.11 Å². The van der Waals surface area contributed by atoms with Crippen molar-refractivity contribution < 1.29 is 9.84 Å². The molecule has 0 bridgehead atoms. The molecule has 1 aliphatic carbocycles. The average Bonchev–Trinajstić information content (AvgIpc) is 2.81. The van der Waals surface area contributed by atoms with E-state index in [1.54, 1.807) is 0 Å². The summed E-state index contributed by atoms with van der Waals surface area (Å²) in [5.41, 5.74) is 2.81. The molecule has 2 aliphatic rings. The van der Waals surface area contributed by atoms with Crippen molar-refractivity contribution in [1.82, 2.24) is 9.80 Å². The first-order chi connectivity index (χ1) is 14.8. The molecule has 0 unspecified atom stereocenters. The summed E-state index contributed by atoms with van der Waals surface area (Å²) in [7, 11) is 0. The van der Waals surface area contributed by atoms with Gasteiger partial charge in [-0.25, -0.2) is 0 Å². The number of aliphatic hydroxyl groups is 1. The van der Waals surface area contributed by atoms with Gasteiger partial charge in [0.25, 0.3) is 0 Å². The zero-order chi connectivity index (χ0) is 20.6. The minimum atomic E-state index is -0.455. The van der Waals surface area contributed by atoms with Crippen molar-refractivity contribution in [2.75, 3.05) is 39.3 Å². The van der Waals surface area contributed by atoms with Crippen LogP contribution in [-0.4, -0.2) is 60.3 Å². The highest BCUT2D eigenvalue weighted by atomic mass is 16.5. The lowest BCUT2D eigenvalue weighted by atomic mass is 9.84. The van der Waals surface area contributed by atoms with Gasteiger partial charge in [0.1, 0.15) is 18.5 Å². The molecular weight excluding hydrogens is 372 g/mol. The molecule has 0 radical (unpaired) electrons. The summed E-state index contributed by atoms with van der Waals surface area (Å²) in [5, 5.41) is 10.4. The van der Waals surface area contributed by atoms with E-state index in [-0.39, 0.29) is 0 Å². The Kier molecular flexibility index (Phi) is 7.79. The highest BCUT2D eigenvalue weighted by molar-refractivity contribution is 5.29. The van der Waals surface area contributed by atoms with Crippen LogP contribution < -0.4 is 4.74 Å². The lowest BCUT2D eigenvalue weighted by molar-refractivity contribution is 0.0446. The van der Waals surface area contributed by atoms with E-state index in [0.29, 0.717) is 13.2 Å². The second kappa shape index (κ2) is 10.9. The minimum Gasteiger partial charge on any atom is -0.491 e. The van der Waals surface area contributed by atoms with Crippen molar-refractivity contribution >= 4 is 0 Å². The highest BCUT2D eigenvalue weighted by Gasteiger charge is 2.20. The molecular formula is C26H36N2O2. The van der Waals surface area contributed by atoms with Crippen LogP contribution in [0.3, 0.4) is 0 Å². The smallest absolute Gasteiger partial charge is 0.119 e. The number of β-amino-alcohol motifs (C(OH)–C–C–N with tert-alkyl or cyclic N) is 1. The lowest BCUT2D eigenvalue weighted by Crippen LogP contribution is -2.48. The maximum Gasteiger partial charge on any atom is 0.119 e. The van der Waals surface area contributed by atoms with Crippen LogP contribution in [0.25, 0.3) is 0 Å². The van der Waals surface area contributed by atoms with Crippen LogP contribution in [0.15, 0.2) is 54.6 Å². The fourth-order valence-corrected chi connectivity index (χ4v) is 4.79. The van der Waals surface area contributed by atoms with Crippen molar-refractivity contribution in [3.63, 3.8) is 0 Å². The molecule has 0 spiro atoms. The molecule has 1 saturated carbocycles. The Bertz CT molecular complexity index is 735. The summed E-state index contributed by atoms with van der Waals surface area (Å²) in [4.78, 5) is 4.84. The maximum atomic E-state index is 10.4. The largest absolute Gasteiger partial charge is 0.491 e. The van der Waals surface area contributed by atoms with Crippen molar-refractivity contribution in [1.29, 1.82) is 0 Å². The summed E-state index contributed by atoms with van der Waals surface area (Å²) in [5.74, 6) is 1.58. The Balaban J connectivity index is 1.15. The van der Waals surface area contributed by atoms with E-state index in [0.717, 1.165) is 44.4 Å². The van der Waals surface area contributed by atoms with Crippen LogP contribution in [0.5, 0.6) is 5.75 Å². The molecule has 4 nitrogen and oxygen atoms in total. The van der Waals surface area contributed by atoms with E-state index >= 15 is 0 Å². The molecule has 0 aromatic heterocycles. The SMILES string of the molecule is O[C@@H](COc1ccc(C2CCCCC2)cc1)CN1CCN(Cc2ccccc2)CC1. The summed E-state index contributed by atoms with van der Waals surface area (Å²) in [6.07, 6.45) is 6.28. The van der Waals surface area contributed by atoms with Crippen LogP contribution in [0, 0.1) is 0 Å². The first-order valence-electron chi connectivity index (χ1n) is 11.7.